The van der Waals surface area contributed by atoms with Gasteiger partial charge in [0.25, 0.3) is 17.7 Å². The van der Waals surface area contributed by atoms with Crippen LogP contribution in [0.4, 0.5) is 11.4 Å². The molecule has 3 aliphatic heterocycles. The second-order valence-electron chi connectivity index (χ2n) is 14.8. The van der Waals surface area contributed by atoms with Gasteiger partial charge in [-0.1, -0.05) is 43.6 Å². The SMILES string of the molecule is C[C@H]1CCCN1Cc1nc2ccc(NC(=O)C3=CCC(CCCCCCNc4cccc5c4C(=O)N(C4CCC(=O)NC4=O)C5=O)(C(N)=O)C=C3)cc2[nH]1. The summed E-state index contributed by atoms with van der Waals surface area (Å²) in [5, 5.41) is 8.45. The van der Waals surface area contributed by atoms with E-state index in [9.17, 15) is 28.8 Å². The molecule has 0 saturated carbocycles. The summed E-state index contributed by atoms with van der Waals surface area (Å²) in [6.45, 7) is 4.63. The van der Waals surface area contributed by atoms with E-state index >= 15 is 0 Å². The van der Waals surface area contributed by atoms with E-state index in [1.54, 1.807) is 36.4 Å². The molecule has 4 heterocycles. The smallest absolute Gasteiger partial charge is 0.264 e. The van der Waals surface area contributed by atoms with Gasteiger partial charge in [0.15, 0.2) is 0 Å². The Balaban J connectivity index is 0.864. The van der Waals surface area contributed by atoms with Gasteiger partial charge >= 0.3 is 0 Å². The number of amides is 6. The number of nitrogens with two attached hydrogens (primary N) is 1. The number of primary amides is 1. The van der Waals surface area contributed by atoms with Crippen molar-refractivity contribution in [3.8, 4) is 0 Å². The van der Waals surface area contributed by atoms with Crippen LogP contribution in [0.1, 0.15) is 97.7 Å². The zero-order chi connectivity index (χ0) is 38.0. The number of imidazole rings is 1. The first kappa shape index (κ1) is 36.7. The van der Waals surface area contributed by atoms with Gasteiger partial charge in [0, 0.05) is 36.0 Å². The lowest BCUT2D eigenvalue weighted by Gasteiger charge is -2.29. The summed E-state index contributed by atoms with van der Waals surface area (Å²) in [6.07, 6.45) is 11.9. The second-order valence-corrected chi connectivity index (χ2v) is 14.8. The van der Waals surface area contributed by atoms with Crippen molar-refractivity contribution in [3.63, 3.8) is 0 Å². The molecule has 7 rings (SSSR count). The van der Waals surface area contributed by atoms with Crippen LogP contribution in [0.15, 0.2) is 60.2 Å². The molecule has 2 saturated heterocycles. The molecule has 4 aliphatic rings. The molecule has 0 bridgehead atoms. The normalized spacial score (nSPS) is 22.8. The number of aromatic nitrogens is 2. The van der Waals surface area contributed by atoms with Crippen molar-refractivity contribution in [2.24, 2.45) is 11.1 Å². The van der Waals surface area contributed by atoms with Gasteiger partial charge in [-0.3, -0.25) is 43.9 Å². The molecule has 0 radical (unpaired) electrons. The van der Waals surface area contributed by atoms with Crippen molar-refractivity contribution in [1.82, 2.24) is 25.1 Å². The summed E-state index contributed by atoms with van der Waals surface area (Å²) in [4.78, 5) is 87.7. The van der Waals surface area contributed by atoms with Crippen LogP contribution in [-0.4, -0.2) is 80.4 Å². The minimum Gasteiger partial charge on any atom is -0.384 e. The maximum absolute atomic E-state index is 13.3. The number of rotatable bonds is 14. The van der Waals surface area contributed by atoms with Crippen LogP contribution in [-0.2, 0) is 25.7 Å². The van der Waals surface area contributed by atoms with E-state index in [-0.39, 0.29) is 29.9 Å². The number of likely N-dealkylation sites (tertiary alicyclic amines) is 1. The fraction of sp³-hybridized carbons (Fsp3) is 0.425. The maximum atomic E-state index is 13.3. The zero-order valence-corrected chi connectivity index (χ0v) is 30.4. The van der Waals surface area contributed by atoms with Crippen LogP contribution >= 0.6 is 0 Å². The summed E-state index contributed by atoms with van der Waals surface area (Å²) >= 11 is 0. The molecule has 6 N–H and O–H groups in total. The van der Waals surface area contributed by atoms with Gasteiger partial charge < -0.3 is 21.4 Å². The first-order valence-electron chi connectivity index (χ1n) is 18.8. The molecule has 3 atom stereocenters. The topological polar surface area (TPSA) is 200 Å². The lowest BCUT2D eigenvalue weighted by Crippen LogP contribution is -2.54. The lowest BCUT2D eigenvalue weighted by molar-refractivity contribution is -0.136. The standard InChI is InChI=1S/C40H46N8O6/c1-24-8-7-21-47(24)23-32-44-28-12-11-26(22-30(28)45-32)43-35(50)25-15-18-40(19-16-25,39(41)54)17-4-2-3-5-20-42-29-10-6-9-27-34(29)38(53)48(37(27)52)31-13-14-33(49)46-36(31)51/h6,9-12,15-16,18,22,24,31,42H,2-5,7-8,13-14,17,19-21,23H2,1H3,(H2,41,54)(H,43,50)(H,44,45)(H,46,49,51)/t24-,31?,40?/m0/s1. The fourth-order valence-electron chi connectivity index (χ4n) is 7.98. The van der Waals surface area contributed by atoms with Gasteiger partial charge in [0.05, 0.1) is 34.1 Å². The molecule has 2 unspecified atom stereocenters. The second kappa shape index (κ2) is 15.4. The van der Waals surface area contributed by atoms with Crippen molar-refractivity contribution >= 4 is 57.9 Å². The van der Waals surface area contributed by atoms with Gasteiger partial charge in [0.1, 0.15) is 11.9 Å². The molecule has 1 aromatic heterocycles. The minimum absolute atomic E-state index is 0.0606. The predicted octanol–water partition coefficient (Wildman–Crippen LogP) is 4.31. The third-order valence-corrected chi connectivity index (χ3v) is 11.2. The molecule has 14 heteroatoms. The molecule has 14 nitrogen and oxygen atoms in total. The molecule has 2 aromatic carbocycles. The minimum atomic E-state index is -1.02. The summed E-state index contributed by atoms with van der Waals surface area (Å²) in [5.41, 5.74) is 8.84. The fourth-order valence-corrected chi connectivity index (χ4v) is 7.98. The average molecular weight is 735 g/mol. The summed E-state index contributed by atoms with van der Waals surface area (Å²) in [6, 6.07) is 10.1. The van der Waals surface area contributed by atoms with Crippen LogP contribution in [0.2, 0.25) is 0 Å². The number of carbonyl (C=O) groups is 6. The molecule has 0 spiro atoms. The van der Waals surface area contributed by atoms with Crippen LogP contribution in [0.3, 0.4) is 0 Å². The number of aromatic amines is 1. The maximum Gasteiger partial charge on any atom is 0.264 e. The third kappa shape index (κ3) is 7.43. The monoisotopic (exact) mass is 734 g/mol. The van der Waals surface area contributed by atoms with Crippen molar-refractivity contribution in [1.29, 1.82) is 0 Å². The molecular weight excluding hydrogens is 688 g/mol. The van der Waals surface area contributed by atoms with E-state index in [1.807, 2.05) is 18.2 Å². The van der Waals surface area contributed by atoms with Crippen molar-refractivity contribution in [3.05, 3.63) is 77.2 Å². The van der Waals surface area contributed by atoms with Crippen LogP contribution in [0.25, 0.3) is 11.0 Å². The first-order valence-corrected chi connectivity index (χ1v) is 18.8. The Morgan fingerprint density at radius 2 is 1.87 bits per heavy atom. The molecular formula is C40H46N8O6. The Kier molecular flexibility index (Phi) is 10.5. The lowest BCUT2D eigenvalue weighted by atomic mass is 9.75. The number of hydrogen-bond acceptors (Lipinski definition) is 9. The van der Waals surface area contributed by atoms with Crippen molar-refractivity contribution < 1.29 is 28.8 Å². The number of carbonyl (C=O) groups excluding carboxylic acids is 6. The summed E-state index contributed by atoms with van der Waals surface area (Å²) < 4.78 is 0. The highest BCUT2D eigenvalue weighted by molar-refractivity contribution is 6.25. The highest BCUT2D eigenvalue weighted by atomic mass is 16.2. The highest BCUT2D eigenvalue weighted by Gasteiger charge is 2.45. The molecule has 282 valence electrons. The molecule has 2 fully saturated rings. The molecule has 1 aliphatic carbocycles. The number of anilines is 2. The van der Waals surface area contributed by atoms with Gasteiger partial charge in [-0.25, -0.2) is 4.98 Å². The largest absolute Gasteiger partial charge is 0.384 e. The third-order valence-electron chi connectivity index (χ3n) is 11.2. The Morgan fingerprint density at radius 1 is 1.04 bits per heavy atom. The summed E-state index contributed by atoms with van der Waals surface area (Å²) in [7, 11) is 0. The molecule has 6 amide bonds. The number of piperidine rings is 1. The van der Waals surface area contributed by atoms with Gasteiger partial charge in [-0.2, -0.15) is 0 Å². The van der Waals surface area contributed by atoms with E-state index in [2.05, 4.69) is 32.8 Å². The van der Waals surface area contributed by atoms with Gasteiger partial charge in [-0.15, -0.1) is 0 Å². The number of allylic oxidation sites excluding steroid dienone is 1. The van der Waals surface area contributed by atoms with Crippen molar-refractivity contribution in [2.45, 2.75) is 89.8 Å². The molecule has 54 heavy (non-hydrogen) atoms. The Morgan fingerprint density at radius 3 is 2.61 bits per heavy atom. The van der Waals surface area contributed by atoms with Gasteiger partial charge in [0.2, 0.25) is 17.7 Å². The number of imide groups is 2. The van der Waals surface area contributed by atoms with Gasteiger partial charge in [-0.05, 0) is 82.3 Å². The quantitative estimate of drug-likeness (QED) is 0.118. The number of benzene rings is 2. The molecule has 3 aromatic rings. The number of hydrogen-bond donors (Lipinski definition) is 5. The number of unbranched alkanes of at least 4 members (excludes halogenated alkanes) is 3. The Hall–Kier alpha value is -5.63. The van der Waals surface area contributed by atoms with Crippen LogP contribution < -0.4 is 21.7 Å². The summed E-state index contributed by atoms with van der Waals surface area (Å²) in [5.74, 6) is -1.93. The number of fused-ring (bicyclic) bond motifs is 2. The van der Waals surface area contributed by atoms with Crippen LogP contribution in [0, 0.1) is 5.41 Å². The Labute approximate surface area is 313 Å². The zero-order valence-electron chi connectivity index (χ0n) is 30.4. The number of H-pyrrole nitrogens is 1. The van der Waals surface area contributed by atoms with E-state index in [0.29, 0.717) is 42.4 Å². The number of nitrogens with one attached hydrogen (secondary N) is 4. The van der Waals surface area contributed by atoms with E-state index in [0.717, 1.165) is 60.5 Å². The van der Waals surface area contributed by atoms with Crippen molar-refractivity contribution in [2.75, 3.05) is 23.7 Å². The highest BCUT2D eigenvalue weighted by Crippen LogP contribution is 2.36. The van der Waals surface area contributed by atoms with E-state index < -0.39 is 41.0 Å². The Bertz CT molecular complexity index is 2090. The first-order chi connectivity index (χ1) is 26.0. The van der Waals surface area contributed by atoms with Crippen LogP contribution in [0.5, 0.6) is 0 Å². The number of nitrogens with zero attached hydrogens (tertiary/aromatic N) is 3. The van der Waals surface area contributed by atoms with E-state index in [4.69, 9.17) is 10.7 Å². The van der Waals surface area contributed by atoms with E-state index in [1.165, 1.54) is 12.8 Å². The predicted molar refractivity (Wildman–Crippen MR) is 202 cm³/mol. The average Bonchev–Trinajstić information content (AvgIpc) is 3.82.